The zero-order chi connectivity index (χ0) is 13.0. The summed E-state index contributed by atoms with van der Waals surface area (Å²) in [5, 5.41) is 0. The highest BCUT2D eigenvalue weighted by Crippen LogP contribution is 2.25. The number of ether oxygens (including phenoxy) is 1. The highest BCUT2D eigenvalue weighted by molar-refractivity contribution is 5.89. The molecule has 0 aromatic carbocycles. The van der Waals surface area contributed by atoms with Crippen molar-refractivity contribution in [1.29, 1.82) is 0 Å². The molecule has 4 heteroatoms. The number of rotatable bonds is 4. The van der Waals surface area contributed by atoms with E-state index < -0.39 is 0 Å². The third-order valence-electron chi connectivity index (χ3n) is 3.40. The maximum Gasteiger partial charge on any atom is 0.339 e. The van der Waals surface area contributed by atoms with Gasteiger partial charge in [-0.2, -0.15) is 0 Å². The molecular formula is C14H20N2O2. The maximum atomic E-state index is 11.5. The molecule has 0 radical (unpaired) electrons. The van der Waals surface area contributed by atoms with Gasteiger partial charge in [0.1, 0.15) is 5.82 Å². The van der Waals surface area contributed by atoms with E-state index in [0.717, 1.165) is 18.8 Å². The molecule has 2 heterocycles. The Balaban J connectivity index is 2.10. The van der Waals surface area contributed by atoms with Crippen LogP contribution in [0.3, 0.4) is 0 Å². The molecule has 1 aromatic heterocycles. The minimum atomic E-state index is -0.301. The first-order valence-electron chi connectivity index (χ1n) is 6.66. The third kappa shape index (κ3) is 2.63. The lowest BCUT2D eigenvalue weighted by Crippen LogP contribution is -2.29. The summed E-state index contributed by atoms with van der Waals surface area (Å²) in [5.41, 5.74) is 0.521. The molecule has 1 atom stereocenters. The minimum Gasteiger partial charge on any atom is -0.462 e. The number of aromatic nitrogens is 1. The molecule has 1 fully saturated rings. The molecule has 18 heavy (non-hydrogen) atoms. The van der Waals surface area contributed by atoms with Gasteiger partial charge in [0.05, 0.1) is 12.2 Å². The molecule has 0 bridgehead atoms. The lowest BCUT2D eigenvalue weighted by atomic mass is 10.2. The van der Waals surface area contributed by atoms with Gasteiger partial charge in [-0.1, -0.05) is 6.92 Å². The van der Waals surface area contributed by atoms with E-state index >= 15 is 0 Å². The van der Waals surface area contributed by atoms with Crippen LogP contribution in [-0.2, 0) is 4.74 Å². The standard InChI is InChI=1S/C14H20N2O2/c1-3-12-6-5-9-16(12)13-8-7-11(10-15-13)14(17)18-4-2/h7-8,10,12H,3-6,9H2,1-2H3. The average Bonchev–Trinajstić information content (AvgIpc) is 2.87. The summed E-state index contributed by atoms with van der Waals surface area (Å²) in [5.74, 6) is 0.664. The second-order valence-corrected chi connectivity index (χ2v) is 4.52. The summed E-state index contributed by atoms with van der Waals surface area (Å²) < 4.78 is 4.94. The Morgan fingerprint density at radius 3 is 2.94 bits per heavy atom. The Labute approximate surface area is 108 Å². The van der Waals surface area contributed by atoms with Crippen LogP contribution in [0.5, 0.6) is 0 Å². The second kappa shape index (κ2) is 5.85. The van der Waals surface area contributed by atoms with Gasteiger partial charge in [-0.25, -0.2) is 9.78 Å². The van der Waals surface area contributed by atoms with E-state index in [4.69, 9.17) is 4.74 Å². The van der Waals surface area contributed by atoms with Crippen LogP contribution in [0.25, 0.3) is 0 Å². The summed E-state index contributed by atoms with van der Waals surface area (Å²) >= 11 is 0. The van der Waals surface area contributed by atoms with E-state index in [1.54, 1.807) is 19.2 Å². The van der Waals surface area contributed by atoms with Gasteiger partial charge in [-0.3, -0.25) is 0 Å². The molecule has 1 aromatic rings. The van der Waals surface area contributed by atoms with E-state index in [-0.39, 0.29) is 5.97 Å². The van der Waals surface area contributed by atoms with Crippen molar-refractivity contribution < 1.29 is 9.53 Å². The minimum absolute atomic E-state index is 0.301. The van der Waals surface area contributed by atoms with Crippen molar-refractivity contribution in [1.82, 2.24) is 4.98 Å². The zero-order valence-electron chi connectivity index (χ0n) is 11.1. The second-order valence-electron chi connectivity index (χ2n) is 4.52. The lowest BCUT2D eigenvalue weighted by Gasteiger charge is -2.24. The number of esters is 1. The lowest BCUT2D eigenvalue weighted by molar-refractivity contribution is 0.0526. The topological polar surface area (TPSA) is 42.4 Å². The van der Waals surface area contributed by atoms with Gasteiger partial charge < -0.3 is 9.64 Å². The number of pyridine rings is 1. The Morgan fingerprint density at radius 1 is 1.50 bits per heavy atom. The number of hydrogen-bond donors (Lipinski definition) is 0. The van der Waals surface area contributed by atoms with Crippen LogP contribution in [-0.4, -0.2) is 30.1 Å². The molecule has 0 spiro atoms. The van der Waals surface area contributed by atoms with E-state index in [1.165, 1.54) is 12.8 Å². The van der Waals surface area contributed by atoms with Gasteiger partial charge in [0.15, 0.2) is 0 Å². The van der Waals surface area contributed by atoms with E-state index in [0.29, 0.717) is 18.2 Å². The highest BCUT2D eigenvalue weighted by atomic mass is 16.5. The van der Waals surface area contributed by atoms with Crippen molar-refractivity contribution in [3.63, 3.8) is 0 Å². The van der Waals surface area contributed by atoms with Crippen molar-refractivity contribution in [2.45, 2.75) is 39.2 Å². The average molecular weight is 248 g/mol. The normalized spacial score (nSPS) is 19.0. The van der Waals surface area contributed by atoms with Crippen molar-refractivity contribution in [3.8, 4) is 0 Å². The molecule has 0 N–H and O–H groups in total. The monoisotopic (exact) mass is 248 g/mol. The van der Waals surface area contributed by atoms with Crippen LogP contribution >= 0.6 is 0 Å². The zero-order valence-corrected chi connectivity index (χ0v) is 11.1. The number of carbonyl (C=O) groups is 1. The Morgan fingerprint density at radius 2 is 2.33 bits per heavy atom. The van der Waals surface area contributed by atoms with Crippen molar-refractivity contribution in [2.75, 3.05) is 18.1 Å². The Bertz CT molecular complexity index is 403. The predicted octanol–water partition coefficient (Wildman–Crippen LogP) is 2.64. The van der Waals surface area contributed by atoms with Gasteiger partial charge in [-0.05, 0) is 38.3 Å². The predicted molar refractivity (Wildman–Crippen MR) is 70.9 cm³/mol. The summed E-state index contributed by atoms with van der Waals surface area (Å²) in [4.78, 5) is 18.2. The van der Waals surface area contributed by atoms with Gasteiger partial charge in [0.25, 0.3) is 0 Å². The molecule has 1 unspecified atom stereocenters. The van der Waals surface area contributed by atoms with Crippen molar-refractivity contribution >= 4 is 11.8 Å². The SMILES string of the molecule is CCOC(=O)c1ccc(N2CCCC2CC)nc1. The maximum absolute atomic E-state index is 11.5. The summed E-state index contributed by atoms with van der Waals surface area (Å²) in [6.07, 6.45) is 5.21. The quantitative estimate of drug-likeness (QED) is 0.768. The largest absolute Gasteiger partial charge is 0.462 e. The van der Waals surface area contributed by atoms with Crippen LogP contribution in [0.4, 0.5) is 5.82 Å². The van der Waals surface area contributed by atoms with Crippen molar-refractivity contribution in [3.05, 3.63) is 23.9 Å². The molecule has 0 amide bonds. The Kier molecular flexibility index (Phi) is 4.18. The van der Waals surface area contributed by atoms with Crippen LogP contribution in [0.1, 0.15) is 43.5 Å². The molecule has 0 aliphatic carbocycles. The first kappa shape index (κ1) is 12.9. The van der Waals surface area contributed by atoms with Gasteiger partial charge >= 0.3 is 5.97 Å². The van der Waals surface area contributed by atoms with Crippen LogP contribution < -0.4 is 4.90 Å². The van der Waals surface area contributed by atoms with Crippen LogP contribution in [0.2, 0.25) is 0 Å². The fourth-order valence-corrected chi connectivity index (χ4v) is 2.45. The van der Waals surface area contributed by atoms with Crippen LogP contribution in [0, 0.1) is 0 Å². The number of hydrogen-bond acceptors (Lipinski definition) is 4. The summed E-state index contributed by atoms with van der Waals surface area (Å²) in [6.45, 7) is 5.46. The van der Waals surface area contributed by atoms with Gasteiger partial charge in [-0.15, -0.1) is 0 Å². The molecule has 1 aliphatic heterocycles. The smallest absolute Gasteiger partial charge is 0.339 e. The summed E-state index contributed by atoms with van der Waals surface area (Å²) in [6, 6.07) is 4.30. The van der Waals surface area contributed by atoms with E-state index in [2.05, 4.69) is 16.8 Å². The molecule has 2 rings (SSSR count). The number of anilines is 1. The Hall–Kier alpha value is -1.58. The molecular weight excluding hydrogens is 228 g/mol. The molecule has 1 aliphatic rings. The van der Waals surface area contributed by atoms with Crippen LogP contribution in [0.15, 0.2) is 18.3 Å². The molecule has 98 valence electrons. The molecule has 0 saturated carbocycles. The first-order valence-corrected chi connectivity index (χ1v) is 6.66. The first-order chi connectivity index (χ1) is 8.76. The molecule has 1 saturated heterocycles. The molecule has 4 nitrogen and oxygen atoms in total. The van der Waals surface area contributed by atoms with Crippen molar-refractivity contribution in [2.24, 2.45) is 0 Å². The third-order valence-corrected chi connectivity index (χ3v) is 3.40. The number of carbonyl (C=O) groups excluding carboxylic acids is 1. The number of nitrogens with zero attached hydrogens (tertiary/aromatic N) is 2. The van der Waals surface area contributed by atoms with Gasteiger partial charge in [0.2, 0.25) is 0 Å². The fraction of sp³-hybridized carbons (Fsp3) is 0.571. The highest BCUT2D eigenvalue weighted by Gasteiger charge is 2.23. The van der Waals surface area contributed by atoms with E-state index in [1.807, 2.05) is 6.07 Å². The summed E-state index contributed by atoms with van der Waals surface area (Å²) in [7, 11) is 0. The fourth-order valence-electron chi connectivity index (χ4n) is 2.45. The van der Waals surface area contributed by atoms with E-state index in [9.17, 15) is 4.79 Å². The van der Waals surface area contributed by atoms with Gasteiger partial charge in [0, 0.05) is 18.8 Å².